The molecule has 5 nitrogen and oxygen atoms in total. The van der Waals surface area contributed by atoms with E-state index in [9.17, 15) is 4.79 Å². The van der Waals surface area contributed by atoms with Gasteiger partial charge in [0.2, 0.25) is 5.91 Å². The Hall–Kier alpha value is -1.07. The normalized spacial score (nSPS) is 24.6. The van der Waals surface area contributed by atoms with Crippen molar-refractivity contribution in [3.63, 3.8) is 0 Å². The van der Waals surface area contributed by atoms with Crippen LogP contribution < -0.4 is 5.32 Å². The molecule has 3 heterocycles. The molecule has 6 heteroatoms. The number of piperidine rings is 1. The summed E-state index contributed by atoms with van der Waals surface area (Å²) in [6.45, 7) is 9.56. The molecule has 0 radical (unpaired) electrons. The number of nitrogens with one attached hydrogen (secondary N) is 1. The van der Waals surface area contributed by atoms with Crippen molar-refractivity contribution in [3.05, 3.63) is 17.0 Å². The second-order valence-corrected chi connectivity index (χ2v) is 8.49. The minimum absolute atomic E-state index is 0. The van der Waals surface area contributed by atoms with Crippen LogP contribution >= 0.6 is 12.4 Å². The lowest BCUT2D eigenvalue weighted by atomic mass is 9.98. The number of carbonyl (C=O) groups excluding carboxylic acids is 1. The highest BCUT2D eigenvalue weighted by Gasteiger charge is 2.36. The van der Waals surface area contributed by atoms with Crippen molar-refractivity contribution in [1.29, 1.82) is 0 Å². The maximum absolute atomic E-state index is 12.7. The maximum Gasteiger partial charge on any atom is 0.222 e. The molecular weight excluding hydrogens is 348 g/mol. The van der Waals surface area contributed by atoms with Gasteiger partial charge in [0.05, 0.1) is 5.69 Å². The number of amides is 1. The largest absolute Gasteiger partial charge is 0.343 e. The molecule has 3 rings (SSSR count). The van der Waals surface area contributed by atoms with E-state index in [4.69, 9.17) is 0 Å². The Morgan fingerprint density at radius 3 is 2.46 bits per heavy atom. The Bertz CT molecular complexity index is 616. The Labute approximate surface area is 164 Å². The van der Waals surface area contributed by atoms with Crippen molar-refractivity contribution >= 4 is 18.3 Å². The lowest BCUT2D eigenvalue weighted by Gasteiger charge is -2.35. The molecule has 1 amide bonds. The van der Waals surface area contributed by atoms with Crippen LogP contribution in [-0.2, 0) is 17.8 Å². The summed E-state index contributed by atoms with van der Waals surface area (Å²) in [5.41, 5.74) is 3.56. The zero-order chi connectivity index (χ0) is 18.1. The molecule has 2 bridgehead atoms. The van der Waals surface area contributed by atoms with Crippen molar-refractivity contribution in [1.82, 2.24) is 20.0 Å². The number of aromatic nitrogens is 2. The number of hydrogen-bond donors (Lipinski definition) is 1. The van der Waals surface area contributed by atoms with Crippen molar-refractivity contribution in [2.45, 2.75) is 90.9 Å². The highest BCUT2D eigenvalue weighted by Crippen LogP contribution is 2.29. The van der Waals surface area contributed by atoms with Crippen molar-refractivity contribution < 1.29 is 4.79 Å². The van der Waals surface area contributed by atoms with Gasteiger partial charge in [-0.05, 0) is 57.4 Å². The van der Waals surface area contributed by atoms with E-state index in [2.05, 4.69) is 42.8 Å². The highest BCUT2D eigenvalue weighted by molar-refractivity contribution is 5.85. The maximum atomic E-state index is 12.7. The van der Waals surface area contributed by atoms with Crippen LogP contribution in [0.1, 0.15) is 62.9 Å². The molecular formula is C20H35ClN4O. The van der Waals surface area contributed by atoms with E-state index in [1.165, 1.54) is 24.1 Å². The van der Waals surface area contributed by atoms with Gasteiger partial charge in [-0.15, -0.1) is 12.4 Å². The summed E-state index contributed by atoms with van der Waals surface area (Å²) < 4.78 is 2.11. The number of nitrogens with zero attached hydrogens (tertiary/aromatic N) is 3. The first kappa shape index (κ1) is 21.2. The number of rotatable bonds is 6. The van der Waals surface area contributed by atoms with Crippen LogP contribution in [0.25, 0.3) is 0 Å². The molecule has 2 aliphatic heterocycles. The predicted octanol–water partition coefficient (Wildman–Crippen LogP) is 3.25. The lowest BCUT2D eigenvalue weighted by molar-refractivity contribution is -0.132. The first-order valence-electron chi connectivity index (χ1n) is 9.89. The van der Waals surface area contributed by atoms with Crippen LogP contribution in [0.2, 0.25) is 0 Å². The summed E-state index contributed by atoms with van der Waals surface area (Å²) >= 11 is 0. The molecule has 2 atom stereocenters. The fourth-order valence-corrected chi connectivity index (χ4v) is 4.57. The van der Waals surface area contributed by atoms with E-state index in [1.54, 1.807) is 0 Å². The van der Waals surface area contributed by atoms with Crippen LogP contribution in [0.3, 0.4) is 0 Å². The van der Waals surface area contributed by atoms with Gasteiger partial charge < -0.3 is 10.2 Å². The van der Waals surface area contributed by atoms with Gasteiger partial charge in [0, 0.05) is 43.8 Å². The van der Waals surface area contributed by atoms with E-state index in [0.29, 0.717) is 30.5 Å². The Kier molecular flexibility index (Phi) is 7.14. The van der Waals surface area contributed by atoms with Crippen molar-refractivity contribution in [2.24, 2.45) is 5.92 Å². The summed E-state index contributed by atoms with van der Waals surface area (Å²) in [5, 5.41) is 8.33. The summed E-state index contributed by atoms with van der Waals surface area (Å²) in [5.74, 6) is 0.857. The molecule has 0 aliphatic carbocycles. The topological polar surface area (TPSA) is 50.2 Å². The summed E-state index contributed by atoms with van der Waals surface area (Å²) in [4.78, 5) is 14.8. The van der Waals surface area contributed by atoms with Crippen LogP contribution in [0.15, 0.2) is 0 Å². The molecule has 2 fully saturated rings. The Morgan fingerprint density at radius 1 is 1.27 bits per heavy atom. The van der Waals surface area contributed by atoms with Crippen molar-refractivity contribution in [3.8, 4) is 0 Å². The minimum atomic E-state index is 0. The second-order valence-electron chi connectivity index (χ2n) is 8.49. The molecule has 0 saturated carbocycles. The SMILES string of the molecule is Cc1nn(CC(C)C)c(C)c1CCC(=O)N(C)C1CC2CCC(C1)N2.Cl. The van der Waals surface area contributed by atoms with Crippen LogP contribution in [0.5, 0.6) is 0 Å². The second kappa shape index (κ2) is 8.75. The van der Waals surface area contributed by atoms with Crippen LogP contribution in [0, 0.1) is 19.8 Å². The van der Waals surface area contributed by atoms with Gasteiger partial charge in [0.15, 0.2) is 0 Å². The fraction of sp³-hybridized carbons (Fsp3) is 0.800. The Morgan fingerprint density at radius 2 is 1.88 bits per heavy atom. The lowest BCUT2D eigenvalue weighted by Crippen LogP contribution is -2.48. The molecule has 0 spiro atoms. The third-order valence-corrected chi connectivity index (χ3v) is 6.05. The number of halogens is 1. The molecule has 1 N–H and O–H groups in total. The first-order valence-corrected chi connectivity index (χ1v) is 9.89. The zero-order valence-corrected chi connectivity index (χ0v) is 17.7. The summed E-state index contributed by atoms with van der Waals surface area (Å²) in [7, 11) is 2.00. The van der Waals surface area contributed by atoms with Gasteiger partial charge in [-0.1, -0.05) is 13.8 Å². The minimum Gasteiger partial charge on any atom is -0.343 e. The van der Waals surface area contributed by atoms with Gasteiger partial charge in [0.1, 0.15) is 0 Å². The van der Waals surface area contributed by atoms with Crippen LogP contribution in [-0.4, -0.2) is 45.8 Å². The molecule has 26 heavy (non-hydrogen) atoms. The summed E-state index contributed by atoms with van der Waals surface area (Å²) in [6, 6.07) is 1.66. The van der Waals surface area contributed by atoms with E-state index < -0.39 is 0 Å². The monoisotopic (exact) mass is 382 g/mol. The van der Waals surface area contributed by atoms with E-state index in [1.807, 2.05) is 11.9 Å². The molecule has 2 unspecified atom stereocenters. The average molecular weight is 383 g/mol. The van der Waals surface area contributed by atoms with E-state index in [0.717, 1.165) is 31.5 Å². The standard InChI is InChI=1S/C20H34N4O.ClH/c1-13(2)12-24-15(4)19(14(3)22-24)8-9-20(25)23(5)18-10-16-6-7-17(11-18)21-16;/h13,16-18,21H,6-12H2,1-5H3;1H. The zero-order valence-electron chi connectivity index (χ0n) is 16.9. The molecule has 1 aromatic rings. The molecule has 2 aliphatic rings. The van der Waals surface area contributed by atoms with Gasteiger partial charge in [-0.3, -0.25) is 9.48 Å². The third-order valence-electron chi connectivity index (χ3n) is 6.05. The Balaban J connectivity index is 0.00000243. The van der Waals surface area contributed by atoms with Gasteiger partial charge in [0.25, 0.3) is 0 Å². The van der Waals surface area contributed by atoms with Crippen LogP contribution in [0.4, 0.5) is 0 Å². The fourth-order valence-electron chi connectivity index (χ4n) is 4.57. The van der Waals surface area contributed by atoms with Gasteiger partial charge in [-0.2, -0.15) is 5.10 Å². The smallest absolute Gasteiger partial charge is 0.222 e. The molecule has 2 saturated heterocycles. The highest BCUT2D eigenvalue weighted by atomic mass is 35.5. The molecule has 0 aromatic carbocycles. The average Bonchev–Trinajstić information content (AvgIpc) is 3.03. The number of hydrogen-bond acceptors (Lipinski definition) is 3. The number of carbonyl (C=O) groups is 1. The number of aryl methyl sites for hydroxylation is 1. The van der Waals surface area contributed by atoms with E-state index >= 15 is 0 Å². The molecule has 148 valence electrons. The van der Waals surface area contributed by atoms with Crippen molar-refractivity contribution in [2.75, 3.05) is 7.05 Å². The number of fused-ring (bicyclic) bond motifs is 2. The molecule has 1 aromatic heterocycles. The third kappa shape index (κ3) is 4.61. The summed E-state index contributed by atoms with van der Waals surface area (Å²) in [6.07, 6.45) is 6.17. The van der Waals surface area contributed by atoms with Gasteiger partial charge >= 0.3 is 0 Å². The predicted molar refractivity (Wildman–Crippen MR) is 108 cm³/mol. The van der Waals surface area contributed by atoms with E-state index in [-0.39, 0.29) is 18.3 Å². The quantitative estimate of drug-likeness (QED) is 0.821. The van der Waals surface area contributed by atoms with Gasteiger partial charge in [-0.25, -0.2) is 0 Å². The first-order chi connectivity index (χ1) is 11.8.